The molecule has 2 rings (SSSR count). The third-order valence-electron chi connectivity index (χ3n) is 3.59. The Morgan fingerprint density at radius 2 is 2.00 bits per heavy atom. The molecule has 1 fully saturated rings. The summed E-state index contributed by atoms with van der Waals surface area (Å²) in [5, 5.41) is 7.92. The van der Waals surface area contributed by atoms with Gasteiger partial charge in [-0.15, -0.1) is 0 Å². The average molecular weight is 267 g/mol. The molecule has 0 aliphatic carbocycles. The standard InChI is InChI=1S/C15H23ClN2/c16-14-6-4-13(5-7-14)8-11-17-12-9-15-3-1-2-10-18-15/h4-7,15,17-18H,1-3,8-12H2. The van der Waals surface area contributed by atoms with Crippen molar-refractivity contribution in [2.24, 2.45) is 0 Å². The van der Waals surface area contributed by atoms with E-state index in [1.54, 1.807) is 0 Å². The first-order chi connectivity index (χ1) is 8.84. The van der Waals surface area contributed by atoms with Crippen LogP contribution in [0.3, 0.4) is 0 Å². The van der Waals surface area contributed by atoms with Gasteiger partial charge in [0.15, 0.2) is 0 Å². The van der Waals surface area contributed by atoms with Gasteiger partial charge in [0.2, 0.25) is 0 Å². The van der Waals surface area contributed by atoms with Crippen LogP contribution in [-0.4, -0.2) is 25.7 Å². The van der Waals surface area contributed by atoms with E-state index in [0.717, 1.165) is 30.6 Å². The predicted octanol–water partition coefficient (Wildman–Crippen LogP) is 3.00. The molecular weight excluding hydrogens is 244 g/mol. The molecule has 1 aliphatic rings. The van der Waals surface area contributed by atoms with Gasteiger partial charge in [-0.2, -0.15) is 0 Å². The first-order valence-electron chi connectivity index (χ1n) is 7.03. The maximum Gasteiger partial charge on any atom is 0.0406 e. The Morgan fingerprint density at radius 1 is 1.17 bits per heavy atom. The van der Waals surface area contributed by atoms with Crippen LogP contribution in [0.1, 0.15) is 31.2 Å². The zero-order chi connectivity index (χ0) is 12.6. The Hall–Kier alpha value is -0.570. The summed E-state index contributed by atoms with van der Waals surface area (Å²) in [7, 11) is 0. The van der Waals surface area contributed by atoms with Gasteiger partial charge in [0.25, 0.3) is 0 Å². The van der Waals surface area contributed by atoms with E-state index in [-0.39, 0.29) is 0 Å². The normalized spacial score (nSPS) is 19.9. The van der Waals surface area contributed by atoms with E-state index >= 15 is 0 Å². The van der Waals surface area contributed by atoms with E-state index in [0.29, 0.717) is 0 Å². The first-order valence-corrected chi connectivity index (χ1v) is 7.41. The van der Waals surface area contributed by atoms with Crippen molar-refractivity contribution in [2.75, 3.05) is 19.6 Å². The Bertz CT molecular complexity index is 331. The lowest BCUT2D eigenvalue weighted by atomic mass is 10.0. The minimum Gasteiger partial charge on any atom is -0.316 e. The number of nitrogens with one attached hydrogen (secondary N) is 2. The average Bonchev–Trinajstić information content (AvgIpc) is 2.42. The molecule has 1 saturated heterocycles. The molecule has 0 amide bonds. The fourth-order valence-corrected chi connectivity index (χ4v) is 2.58. The highest BCUT2D eigenvalue weighted by molar-refractivity contribution is 6.30. The van der Waals surface area contributed by atoms with Gasteiger partial charge in [-0.25, -0.2) is 0 Å². The molecule has 1 aromatic carbocycles. The third-order valence-corrected chi connectivity index (χ3v) is 3.84. The molecule has 18 heavy (non-hydrogen) atoms. The molecule has 1 unspecified atom stereocenters. The van der Waals surface area contributed by atoms with Crippen LogP contribution >= 0.6 is 11.6 Å². The lowest BCUT2D eigenvalue weighted by Gasteiger charge is -2.23. The summed E-state index contributed by atoms with van der Waals surface area (Å²) in [6.07, 6.45) is 6.41. The minimum absolute atomic E-state index is 0.738. The maximum atomic E-state index is 5.86. The van der Waals surface area contributed by atoms with Crippen LogP contribution in [-0.2, 0) is 6.42 Å². The molecule has 1 aromatic rings. The van der Waals surface area contributed by atoms with Crippen LogP contribution in [0.2, 0.25) is 5.02 Å². The van der Waals surface area contributed by atoms with Gasteiger partial charge in [-0.1, -0.05) is 30.2 Å². The molecule has 0 spiro atoms. The number of rotatable bonds is 6. The number of hydrogen-bond donors (Lipinski definition) is 2. The van der Waals surface area contributed by atoms with Gasteiger partial charge in [-0.05, 0) is 63.0 Å². The fourth-order valence-electron chi connectivity index (χ4n) is 2.46. The van der Waals surface area contributed by atoms with Gasteiger partial charge < -0.3 is 10.6 Å². The molecule has 1 aliphatic heterocycles. The molecule has 2 nitrogen and oxygen atoms in total. The van der Waals surface area contributed by atoms with Gasteiger partial charge in [0.1, 0.15) is 0 Å². The Morgan fingerprint density at radius 3 is 2.72 bits per heavy atom. The van der Waals surface area contributed by atoms with Gasteiger partial charge in [0.05, 0.1) is 0 Å². The lowest BCUT2D eigenvalue weighted by molar-refractivity contribution is 0.377. The molecule has 0 bridgehead atoms. The summed E-state index contributed by atoms with van der Waals surface area (Å²) in [5.41, 5.74) is 1.35. The quantitative estimate of drug-likeness (QED) is 0.774. The van der Waals surface area contributed by atoms with E-state index in [9.17, 15) is 0 Å². The number of benzene rings is 1. The van der Waals surface area contributed by atoms with Crippen molar-refractivity contribution in [1.29, 1.82) is 0 Å². The summed E-state index contributed by atoms with van der Waals surface area (Å²) in [6, 6.07) is 8.87. The molecule has 0 radical (unpaired) electrons. The monoisotopic (exact) mass is 266 g/mol. The SMILES string of the molecule is Clc1ccc(CCNCCC2CCCCN2)cc1. The minimum atomic E-state index is 0.738. The van der Waals surface area contributed by atoms with Gasteiger partial charge >= 0.3 is 0 Å². The van der Waals surface area contributed by atoms with Crippen LogP contribution in [0.5, 0.6) is 0 Å². The third kappa shape index (κ3) is 4.97. The summed E-state index contributed by atoms with van der Waals surface area (Å²) < 4.78 is 0. The number of piperidine rings is 1. The smallest absolute Gasteiger partial charge is 0.0406 e. The molecular formula is C15H23ClN2. The molecule has 1 heterocycles. The van der Waals surface area contributed by atoms with Crippen LogP contribution in [0.25, 0.3) is 0 Å². The van der Waals surface area contributed by atoms with E-state index in [1.165, 1.54) is 37.8 Å². The van der Waals surface area contributed by atoms with E-state index < -0.39 is 0 Å². The molecule has 1 atom stereocenters. The maximum absolute atomic E-state index is 5.86. The molecule has 0 aromatic heterocycles. The highest BCUT2D eigenvalue weighted by atomic mass is 35.5. The van der Waals surface area contributed by atoms with E-state index in [4.69, 9.17) is 11.6 Å². The van der Waals surface area contributed by atoms with Crippen LogP contribution < -0.4 is 10.6 Å². The molecule has 0 saturated carbocycles. The zero-order valence-corrected chi connectivity index (χ0v) is 11.7. The Kier molecular flexibility index (Phi) is 5.98. The molecule has 2 N–H and O–H groups in total. The summed E-state index contributed by atoms with van der Waals surface area (Å²) in [5.74, 6) is 0. The van der Waals surface area contributed by atoms with Crippen molar-refractivity contribution >= 4 is 11.6 Å². The summed E-state index contributed by atoms with van der Waals surface area (Å²) in [6.45, 7) is 3.37. The van der Waals surface area contributed by atoms with Crippen LogP contribution in [0, 0.1) is 0 Å². The summed E-state index contributed by atoms with van der Waals surface area (Å²) in [4.78, 5) is 0. The second-order valence-corrected chi connectivity index (χ2v) is 5.50. The highest BCUT2D eigenvalue weighted by Gasteiger charge is 2.11. The Labute approximate surface area is 115 Å². The van der Waals surface area contributed by atoms with Crippen molar-refractivity contribution in [3.8, 4) is 0 Å². The molecule has 3 heteroatoms. The highest BCUT2D eigenvalue weighted by Crippen LogP contribution is 2.10. The zero-order valence-electron chi connectivity index (χ0n) is 10.9. The summed E-state index contributed by atoms with van der Waals surface area (Å²) >= 11 is 5.86. The van der Waals surface area contributed by atoms with Crippen LogP contribution in [0.15, 0.2) is 24.3 Å². The van der Waals surface area contributed by atoms with Gasteiger partial charge in [-0.3, -0.25) is 0 Å². The van der Waals surface area contributed by atoms with E-state index in [1.807, 2.05) is 12.1 Å². The number of halogens is 1. The van der Waals surface area contributed by atoms with Crippen molar-refractivity contribution in [2.45, 2.75) is 38.1 Å². The second kappa shape index (κ2) is 7.78. The first kappa shape index (κ1) is 13.9. The van der Waals surface area contributed by atoms with Crippen molar-refractivity contribution in [1.82, 2.24) is 10.6 Å². The largest absolute Gasteiger partial charge is 0.316 e. The van der Waals surface area contributed by atoms with Crippen molar-refractivity contribution < 1.29 is 0 Å². The van der Waals surface area contributed by atoms with Crippen molar-refractivity contribution in [3.63, 3.8) is 0 Å². The molecule has 100 valence electrons. The predicted molar refractivity (Wildman–Crippen MR) is 78.3 cm³/mol. The topological polar surface area (TPSA) is 24.1 Å². The van der Waals surface area contributed by atoms with Crippen molar-refractivity contribution in [3.05, 3.63) is 34.9 Å². The lowest BCUT2D eigenvalue weighted by Crippen LogP contribution is -2.36. The van der Waals surface area contributed by atoms with Crippen LogP contribution in [0.4, 0.5) is 0 Å². The second-order valence-electron chi connectivity index (χ2n) is 5.06. The Balaban J connectivity index is 1.54. The fraction of sp³-hybridized carbons (Fsp3) is 0.600. The van der Waals surface area contributed by atoms with E-state index in [2.05, 4.69) is 22.8 Å². The number of hydrogen-bond acceptors (Lipinski definition) is 2. The van der Waals surface area contributed by atoms with Gasteiger partial charge in [0, 0.05) is 11.1 Å².